The highest BCUT2D eigenvalue weighted by Gasteiger charge is 2.40. The Kier molecular flexibility index (Phi) is 7.09. The molecule has 2 aliphatic rings. The molecule has 5 rings (SSSR count). The number of fused-ring (bicyclic) bond motifs is 2. The minimum Gasteiger partial charge on any atom is -0.434 e. The van der Waals surface area contributed by atoms with Crippen LogP contribution in [0, 0.1) is 11.8 Å². The van der Waals surface area contributed by atoms with Crippen molar-refractivity contribution in [3.8, 4) is 5.75 Å². The number of nitrogen functional groups attached to an aromatic ring is 1. The van der Waals surface area contributed by atoms with E-state index in [4.69, 9.17) is 10.5 Å². The van der Waals surface area contributed by atoms with Gasteiger partial charge in [-0.2, -0.15) is 18.9 Å². The van der Waals surface area contributed by atoms with Crippen molar-refractivity contribution in [2.75, 3.05) is 50.8 Å². The average Bonchev–Trinajstić information content (AvgIpc) is 3.52. The number of rotatable bonds is 9. The van der Waals surface area contributed by atoms with Gasteiger partial charge < -0.3 is 25.6 Å². The van der Waals surface area contributed by atoms with Crippen LogP contribution in [0.2, 0.25) is 0 Å². The van der Waals surface area contributed by atoms with Gasteiger partial charge in [-0.1, -0.05) is 19.4 Å². The maximum atomic E-state index is 13.4. The fourth-order valence-corrected chi connectivity index (χ4v) is 5.40. The highest BCUT2D eigenvalue weighted by molar-refractivity contribution is 5.95. The maximum Gasteiger partial charge on any atom is 0.387 e. The molecule has 12 heteroatoms. The number of carbonyl (C=O) groups excluding carboxylic acids is 1. The van der Waals surface area contributed by atoms with E-state index < -0.39 is 6.61 Å². The second-order valence-corrected chi connectivity index (χ2v) is 9.90. The van der Waals surface area contributed by atoms with Crippen LogP contribution in [0.4, 0.5) is 20.5 Å². The van der Waals surface area contributed by atoms with Crippen LogP contribution < -0.4 is 15.8 Å². The van der Waals surface area contributed by atoms with Crippen molar-refractivity contribution in [2.24, 2.45) is 11.8 Å². The van der Waals surface area contributed by atoms with Crippen molar-refractivity contribution in [3.63, 3.8) is 0 Å². The molecule has 1 aromatic carbocycles. The molecule has 10 nitrogen and oxygen atoms in total. The van der Waals surface area contributed by atoms with Gasteiger partial charge in [-0.25, -0.2) is 4.98 Å². The molecule has 0 unspecified atom stereocenters. The van der Waals surface area contributed by atoms with Crippen LogP contribution in [0.5, 0.6) is 5.75 Å². The maximum absolute atomic E-state index is 13.4. The zero-order chi connectivity index (χ0) is 26.1. The van der Waals surface area contributed by atoms with Crippen LogP contribution in [-0.4, -0.2) is 81.8 Å². The largest absolute Gasteiger partial charge is 0.434 e. The summed E-state index contributed by atoms with van der Waals surface area (Å²) in [5.41, 5.74) is 7.80. The van der Waals surface area contributed by atoms with E-state index in [1.54, 1.807) is 23.0 Å². The third-order valence-electron chi connectivity index (χ3n) is 7.13. The number of benzene rings is 1. The Morgan fingerprint density at radius 1 is 1.22 bits per heavy atom. The third-order valence-corrected chi connectivity index (χ3v) is 7.13. The number of nitrogens with one attached hydrogen (secondary N) is 1. The molecule has 0 saturated carbocycles. The summed E-state index contributed by atoms with van der Waals surface area (Å²) >= 11 is 0. The summed E-state index contributed by atoms with van der Waals surface area (Å²) in [5, 5.41) is 7.66. The van der Waals surface area contributed by atoms with Crippen molar-refractivity contribution in [1.29, 1.82) is 0 Å². The second-order valence-electron chi connectivity index (χ2n) is 9.90. The molecule has 198 valence electrons. The monoisotopic (exact) mass is 514 g/mol. The molecular weight excluding hydrogens is 482 g/mol. The van der Waals surface area contributed by atoms with Crippen LogP contribution >= 0.6 is 0 Å². The van der Waals surface area contributed by atoms with E-state index in [2.05, 4.69) is 39.3 Å². The zero-order valence-corrected chi connectivity index (χ0v) is 21.0. The van der Waals surface area contributed by atoms with Crippen LogP contribution in [0.15, 0.2) is 24.4 Å². The summed E-state index contributed by atoms with van der Waals surface area (Å²) in [6, 6.07) is 4.72. The number of unbranched alkanes of at least 4 members (excludes halogenated alkanes) is 1. The summed E-state index contributed by atoms with van der Waals surface area (Å²) in [7, 11) is 2.09. The molecular formula is C25H32F2N8O2. The summed E-state index contributed by atoms with van der Waals surface area (Å²) in [6.45, 7) is 3.16. The predicted molar refractivity (Wildman–Crippen MR) is 136 cm³/mol. The highest BCUT2D eigenvalue weighted by Crippen LogP contribution is 2.32. The lowest BCUT2D eigenvalue weighted by Crippen LogP contribution is -2.32. The first-order valence-corrected chi connectivity index (χ1v) is 12.6. The predicted octanol–water partition coefficient (Wildman–Crippen LogP) is 2.90. The Morgan fingerprint density at radius 3 is 2.68 bits per heavy atom. The molecule has 2 aliphatic heterocycles. The Hall–Kier alpha value is -3.54. The van der Waals surface area contributed by atoms with E-state index in [9.17, 15) is 13.6 Å². The first-order chi connectivity index (χ1) is 17.8. The highest BCUT2D eigenvalue weighted by atomic mass is 19.3. The first kappa shape index (κ1) is 25.1. The number of likely N-dealkylation sites (tertiary alicyclic amines) is 2. The van der Waals surface area contributed by atoms with Gasteiger partial charge in [0.25, 0.3) is 5.91 Å². The smallest absolute Gasteiger partial charge is 0.387 e. The van der Waals surface area contributed by atoms with Gasteiger partial charge in [0, 0.05) is 43.9 Å². The minimum atomic E-state index is -3.03. The van der Waals surface area contributed by atoms with Crippen LogP contribution in [0.25, 0.3) is 11.0 Å². The molecule has 1 amide bonds. The molecule has 4 heterocycles. The second kappa shape index (κ2) is 10.4. The van der Waals surface area contributed by atoms with Crippen molar-refractivity contribution in [2.45, 2.75) is 32.9 Å². The van der Waals surface area contributed by atoms with Crippen LogP contribution in [-0.2, 0) is 6.54 Å². The van der Waals surface area contributed by atoms with Gasteiger partial charge in [-0.3, -0.25) is 9.48 Å². The Bertz CT molecular complexity index is 1270. The van der Waals surface area contributed by atoms with E-state index >= 15 is 0 Å². The van der Waals surface area contributed by atoms with E-state index in [1.165, 1.54) is 6.07 Å². The molecule has 3 aromatic rings. The molecule has 37 heavy (non-hydrogen) atoms. The summed E-state index contributed by atoms with van der Waals surface area (Å²) in [6.07, 6.45) is 3.51. The fraction of sp³-hybridized carbons (Fsp3) is 0.520. The number of amides is 1. The molecule has 2 saturated heterocycles. The zero-order valence-electron chi connectivity index (χ0n) is 21.0. The molecule has 0 radical (unpaired) electrons. The van der Waals surface area contributed by atoms with Gasteiger partial charge in [-0.15, -0.1) is 0 Å². The van der Waals surface area contributed by atoms with Gasteiger partial charge in [0.05, 0.1) is 12.7 Å². The van der Waals surface area contributed by atoms with Gasteiger partial charge >= 0.3 is 6.61 Å². The SMILES string of the molecule is CCCCNc1nc(N)nc2cnn(Cc3ccc(C(=O)N4C[C@H]5CN(C)C[C@H]5C4)cc3OC(F)F)c12. The van der Waals surface area contributed by atoms with E-state index in [-0.39, 0.29) is 24.1 Å². The summed E-state index contributed by atoms with van der Waals surface area (Å²) < 4.78 is 33.2. The van der Waals surface area contributed by atoms with E-state index in [1.807, 2.05) is 4.90 Å². The van der Waals surface area contributed by atoms with Gasteiger partial charge in [0.2, 0.25) is 5.95 Å². The Morgan fingerprint density at radius 2 is 1.97 bits per heavy atom. The standard InChI is InChI=1S/C25H32F2N8O2/c1-3-4-7-29-22-21-19(31-25(28)32-22)9-30-35(21)14-16-6-5-15(8-20(16)37-24(26)27)23(36)34-12-17-10-33(2)11-18(17)13-34/h5-6,8-9,17-18,24H,3-4,7,10-14H2,1-2H3,(H3,28,29,31,32)/t17-,18+. The number of aromatic nitrogens is 4. The van der Waals surface area contributed by atoms with Crippen molar-refractivity contribution >= 4 is 28.7 Å². The van der Waals surface area contributed by atoms with Crippen molar-refractivity contribution in [3.05, 3.63) is 35.5 Å². The molecule has 2 aromatic heterocycles. The van der Waals surface area contributed by atoms with Crippen molar-refractivity contribution < 1.29 is 18.3 Å². The molecule has 3 N–H and O–H groups in total. The van der Waals surface area contributed by atoms with Crippen LogP contribution in [0.1, 0.15) is 35.7 Å². The third kappa shape index (κ3) is 5.29. The number of hydrogen-bond acceptors (Lipinski definition) is 8. The summed E-state index contributed by atoms with van der Waals surface area (Å²) in [4.78, 5) is 25.9. The molecule has 0 spiro atoms. The quantitative estimate of drug-likeness (QED) is 0.419. The average molecular weight is 515 g/mol. The Balaban J connectivity index is 1.41. The molecule has 0 aliphatic carbocycles. The van der Waals surface area contributed by atoms with E-state index in [0.29, 0.717) is 59.4 Å². The number of nitrogens with zero attached hydrogens (tertiary/aromatic N) is 6. The number of alkyl halides is 2. The van der Waals surface area contributed by atoms with Gasteiger partial charge in [-0.05, 0) is 37.4 Å². The van der Waals surface area contributed by atoms with Gasteiger partial charge in [0.1, 0.15) is 16.8 Å². The number of hydrogen-bond donors (Lipinski definition) is 2. The van der Waals surface area contributed by atoms with Crippen LogP contribution in [0.3, 0.4) is 0 Å². The normalized spacial score (nSPS) is 19.6. The number of nitrogens with two attached hydrogens (primary N) is 1. The first-order valence-electron chi connectivity index (χ1n) is 12.6. The number of halogens is 2. The molecule has 2 atom stereocenters. The lowest BCUT2D eigenvalue weighted by Gasteiger charge is -2.20. The number of ether oxygens (including phenoxy) is 1. The molecule has 0 bridgehead atoms. The fourth-order valence-electron chi connectivity index (χ4n) is 5.40. The lowest BCUT2D eigenvalue weighted by atomic mass is 10.0. The lowest BCUT2D eigenvalue weighted by molar-refractivity contribution is -0.0505. The van der Waals surface area contributed by atoms with Gasteiger partial charge in [0.15, 0.2) is 5.82 Å². The molecule has 2 fully saturated rings. The minimum absolute atomic E-state index is 0.0551. The summed E-state index contributed by atoms with van der Waals surface area (Å²) in [5.74, 6) is 1.33. The Labute approximate surface area is 213 Å². The van der Waals surface area contributed by atoms with E-state index in [0.717, 1.165) is 25.9 Å². The number of carbonyl (C=O) groups is 1. The number of anilines is 2. The topological polar surface area (TPSA) is 114 Å². The van der Waals surface area contributed by atoms with Crippen molar-refractivity contribution in [1.82, 2.24) is 29.5 Å².